The molecule has 0 amide bonds. The Kier molecular flexibility index (Phi) is 5.06. The van der Waals surface area contributed by atoms with Gasteiger partial charge in [-0.1, -0.05) is 38.0 Å². The van der Waals surface area contributed by atoms with Crippen LogP contribution in [0.25, 0.3) is 0 Å². The molecule has 0 aromatic heterocycles. The summed E-state index contributed by atoms with van der Waals surface area (Å²) >= 11 is 0. The Morgan fingerprint density at radius 2 is 2.11 bits per heavy atom. The Hall–Kier alpha value is -1.02. The third-order valence-corrected chi connectivity index (χ3v) is 3.85. The number of fused-ring (bicyclic) bond motifs is 1. The Morgan fingerprint density at radius 3 is 2.94 bits per heavy atom. The average Bonchev–Trinajstić information content (AvgIpc) is 2.82. The molecule has 0 saturated carbocycles. The number of anilines is 1. The summed E-state index contributed by atoms with van der Waals surface area (Å²) in [5.41, 5.74) is 2.95. The van der Waals surface area contributed by atoms with Gasteiger partial charge in [-0.25, -0.2) is 0 Å². The lowest BCUT2D eigenvalue weighted by atomic mass is 10.2. The highest BCUT2D eigenvalue weighted by atomic mass is 15.2. The fourth-order valence-corrected chi connectivity index (χ4v) is 2.74. The zero-order valence-corrected chi connectivity index (χ0v) is 11.8. The van der Waals surface area contributed by atoms with Crippen LogP contribution in [0.3, 0.4) is 0 Å². The van der Waals surface area contributed by atoms with Gasteiger partial charge in [-0.2, -0.15) is 0 Å². The molecule has 0 fully saturated rings. The fraction of sp³-hybridized carbons (Fsp3) is 0.625. The largest absolute Gasteiger partial charge is 0.367 e. The van der Waals surface area contributed by atoms with Crippen LogP contribution < -0.4 is 10.2 Å². The topological polar surface area (TPSA) is 15.3 Å². The van der Waals surface area contributed by atoms with Crippen LogP contribution in [0, 0.1) is 0 Å². The van der Waals surface area contributed by atoms with Gasteiger partial charge in [0, 0.05) is 24.8 Å². The molecule has 2 heteroatoms. The van der Waals surface area contributed by atoms with E-state index < -0.39 is 0 Å². The van der Waals surface area contributed by atoms with Crippen molar-refractivity contribution in [3.63, 3.8) is 0 Å². The van der Waals surface area contributed by atoms with Crippen LogP contribution in [0.4, 0.5) is 5.69 Å². The van der Waals surface area contributed by atoms with E-state index in [4.69, 9.17) is 0 Å². The SMILES string of the molecule is CCCCCNCC(C)N1CCc2ccccc21. The van der Waals surface area contributed by atoms with E-state index in [2.05, 4.69) is 48.3 Å². The second-order valence-corrected chi connectivity index (χ2v) is 5.33. The summed E-state index contributed by atoms with van der Waals surface area (Å²) in [5.74, 6) is 0. The molecule has 2 nitrogen and oxygen atoms in total. The second kappa shape index (κ2) is 6.79. The fourth-order valence-electron chi connectivity index (χ4n) is 2.74. The molecule has 1 atom stereocenters. The summed E-state index contributed by atoms with van der Waals surface area (Å²) < 4.78 is 0. The minimum atomic E-state index is 0.593. The molecule has 1 aliphatic heterocycles. The first kappa shape index (κ1) is 13.4. The first-order chi connectivity index (χ1) is 8.83. The van der Waals surface area contributed by atoms with Gasteiger partial charge in [0.05, 0.1) is 0 Å². The van der Waals surface area contributed by atoms with Crippen molar-refractivity contribution in [3.8, 4) is 0 Å². The molecule has 1 aromatic carbocycles. The van der Waals surface area contributed by atoms with Crippen molar-refractivity contribution >= 4 is 5.69 Å². The normalized spacial score (nSPS) is 15.8. The van der Waals surface area contributed by atoms with Gasteiger partial charge in [0.1, 0.15) is 0 Å². The van der Waals surface area contributed by atoms with Crippen molar-refractivity contribution in [1.82, 2.24) is 5.32 Å². The van der Waals surface area contributed by atoms with Gasteiger partial charge in [-0.05, 0) is 37.9 Å². The van der Waals surface area contributed by atoms with Crippen LogP contribution in [0.15, 0.2) is 24.3 Å². The Morgan fingerprint density at radius 1 is 1.28 bits per heavy atom. The lowest BCUT2D eigenvalue weighted by Gasteiger charge is -2.27. The molecule has 0 saturated heterocycles. The maximum Gasteiger partial charge on any atom is 0.0402 e. The third kappa shape index (κ3) is 3.26. The van der Waals surface area contributed by atoms with Gasteiger partial charge in [0.15, 0.2) is 0 Å². The van der Waals surface area contributed by atoms with Gasteiger partial charge in [-0.15, -0.1) is 0 Å². The molecule has 18 heavy (non-hydrogen) atoms. The molecule has 1 heterocycles. The molecule has 0 radical (unpaired) electrons. The standard InChI is InChI=1S/C16H26N2/c1-3-4-7-11-17-13-14(2)18-12-10-15-8-5-6-9-16(15)18/h5-6,8-9,14,17H,3-4,7,10-13H2,1-2H3. The molecule has 100 valence electrons. The van der Waals surface area contributed by atoms with E-state index in [1.165, 1.54) is 43.5 Å². The van der Waals surface area contributed by atoms with Gasteiger partial charge in [0.2, 0.25) is 0 Å². The van der Waals surface area contributed by atoms with Crippen LogP contribution in [0.1, 0.15) is 38.7 Å². The number of unbranched alkanes of at least 4 members (excludes halogenated alkanes) is 2. The van der Waals surface area contributed by atoms with Crippen LogP contribution in [0.5, 0.6) is 0 Å². The lowest BCUT2D eigenvalue weighted by Crippen LogP contribution is -2.39. The molecule has 0 aliphatic carbocycles. The van der Waals surface area contributed by atoms with E-state index in [0.717, 1.165) is 13.1 Å². The Balaban J connectivity index is 1.78. The van der Waals surface area contributed by atoms with Gasteiger partial charge in [0.25, 0.3) is 0 Å². The van der Waals surface area contributed by atoms with Crippen LogP contribution in [-0.2, 0) is 6.42 Å². The Bertz CT molecular complexity index is 362. The van der Waals surface area contributed by atoms with E-state index >= 15 is 0 Å². The van der Waals surface area contributed by atoms with Gasteiger partial charge < -0.3 is 10.2 Å². The first-order valence-electron chi connectivity index (χ1n) is 7.38. The Labute approximate surface area is 111 Å². The molecule has 1 N–H and O–H groups in total. The van der Waals surface area contributed by atoms with Gasteiger partial charge in [-0.3, -0.25) is 0 Å². The predicted octanol–water partition coefficient (Wildman–Crippen LogP) is 3.22. The quantitative estimate of drug-likeness (QED) is 0.743. The van der Waals surface area contributed by atoms with Gasteiger partial charge >= 0.3 is 0 Å². The number of hydrogen-bond donors (Lipinski definition) is 1. The third-order valence-electron chi connectivity index (χ3n) is 3.85. The van der Waals surface area contributed by atoms with E-state index in [1.54, 1.807) is 0 Å². The molecule has 1 aliphatic rings. The van der Waals surface area contributed by atoms with Crippen molar-refractivity contribution in [3.05, 3.63) is 29.8 Å². The van der Waals surface area contributed by atoms with Crippen molar-refractivity contribution in [2.45, 2.75) is 45.6 Å². The van der Waals surface area contributed by atoms with Crippen molar-refractivity contribution in [2.75, 3.05) is 24.5 Å². The highest BCUT2D eigenvalue weighted by Gasteiger charge is 2.22. The maximum absolute atomic E-state index is 3.59. The van der Waals surface area contributed by atoms with Crippen molar-refractivity contribution in [1.29, 1.82) is 0 Å². The van der Waals surface area contributed by atoms with E-state index in [0.29, 0.717) is 6.04 Å². The number of rotatable bonds is 7. The maximum atomic E-state index is 3.59. The number of hydrogen-bond acceptors (Lipinski definition) is 2. The first-order valence-corrected chi connectivity index (χ1v) is 7.38. The molecular formula is C16H26N2. The molecule has 1 unspecified atom stereocenters. The summed E-state index contributed by atoms with van der Waals surface area (Å²) in [7, 11) is 0. The highest BCUT2D eigenvalue weighted by molar-refractivity contribution is 5.58. The molecule has 0 spiro atoms. The van der Waals surface area contributed by atoms with E-state index in [1.807, 2.05) is 0 Å². The van der Waals surface area contributed by atoms with Crippen LogP contribution >= 0.6 is 0 Å². The monoisotopic (exact) mass is 246 g/mol. The summed E-state index contributed by atoms with van der Waals surface area (Å²) in [5, 5.41) is 3.59. The van der Waals surface area contributed by atoms with Crippen molar-refractivity contribution < 1.29 is 0 Å². The molecule has 0 bridgehead atoms. The number of benzene rings is 1. The highest BCUT2D eigenvalue weighted by Crippen LogP contribution is 2.28. The minimum Gasteiger partial charge on any atom is -0.367 e. The van der Waals surface area contributed by atoms with E-state index in [9.17, 15) is 0 Å². The predicted molar refractivity (Wildman–Crippen MR) is 79.3 cm³/mol. The minimum absolute atomic E-state index is 0.593. The zero-order valence-electron chi connectivity index (χ0n) is 11.8. The average molecular weight is 246 g/mol. The van der Waals surface area contributed by atoms with Crippen LogP contribution in [-0.4, -0.2) is 25.7 Å². The molecule has 2 rings (SSSR count). The summed E-state index contributed by atoms with van der Waals surface area (Å²) in [4.78, 5) is 2.54. The summed E-state index contributed by atoms with van der Waals surface area (Å²) in [6, 6.07) is 9.41. The number of nitrogens with zero attached hydrogens (tertiary/aromatic N) is 1. The molecule has 1 aromatic rings. The smallest absolute Gasteiger partial charge is 0.0402 e. The summed E-state index contributed by atoms with van der Waals surface area (Å²) in [6.07, 6.45) is 5.15. The lowest BCUT2D eigenvalue weighted by molar-refractivity contribution is 0.550. The zero-order chi connectivity index (χ0) is 12.8. The van der Waals surface area contributed by atoms with Crippen molar-refractivity contribution in [2.24, 2.45) is 0 Å². The van der Waals surface area contributed by atoms with Crippen LogP contribution in [0.2, 0.25) is 0 Å². The second-order valence-electron chi connectivity index (χ2n) is 5.33. The van der Waals surface area contributed by atoms with E-state index in [-0.39, 0.29) is 0 Å². The number of para-hydroxylation sites is 1. The molecular weight excluding hydrogens is 220 g/mol. The summed E-state index contributed by atoms with van der Waals surface area (Å²) in [6.45, 7) is 8.02. The number of nitrogens with one attached hydrogen (secondary N) is 1.